The highest BCUT2D eigenvalue weighted by Crippen LogP contribution is 2.40. The molecule has 3 nitrogen and oxygen atoms in total. The summed E-state index contributed by atoms with van der Waals surface area (Å²) in [5, 5.41) is 2.87. The predicted octanol–water partition coefficient (Wildman–Crippen LogP) is 6.11. The molecule has 1 aliphatic heterocycles. The first-order chi connectivity index (χ1) is 14.3. The van der Waals surface area contributed by atoms with Crippen molar-refractivity contribution in [2.24, 2.45) is 0 Å². The summed E-state index contributed by atoms with van der Waals surface area (Å²) in [5.74, 6) is 0.769. The number of benzene rings is 2. The average molecular weight is 420 g/mol. The Kier molecular flexibility index (Phi) is 6.88. The first kappa shape index (κ1) is 22.0. The van der Waals surface area contributed by atoms with E-state index in [1.54, 1.807) is 11.8 Å². The highest BCUT2D eigenvalue weighted by molar-refractivity contribution is 8.01. The molecule has 1 amide bonds. The van der Waals surface area contributed by atoms with E-state index >= 15 is 0 Å². The number of allylic oxidation sites excluding steroid dienone is 2. The van der Waals surface area contributed by atoms with Crippen LogP contribution >= 0.6 is 11.8 Å². The number of hydrogen-bond donors (Lipinski definition) is 1. The van der Waals surface area contributed by atoms with Crippen LogP contribution in [0.3, 0.4) is 0 Å². The quantitative estimate of drug-likeness (QED) is 0.319. The fraction of sp³-hybridized carbons (Fsp3) is 0.269. The molecule has 0 aromatic heterocycles. The van der Waals surface area contributed by atoms with Gasteiger partial charge >= 0.3 is 0 Å². The zero-order valence-corrected chi connectivity index (χ0v) is 18.8. The molecular weight excluding hydrogens is 390 g/mol. The van der Waals surface area contributed by atoms with Gasteiger partial charge in [-0.05, 0) is 57.0 Å². The number of thioether (sulfide) groups is 1. The van der Waals surface area contributed by atoms with Crippen LogP contribution < -0.4 is 10.1 Å². The Labute approximate surface area is 183 Å². The van der Waals surface area contributed by atoms with Crippen LogP contribution in [0, 0.1) is 0 Å². The maximum atomic E-state index is 12.0. The molecular formula is C26H29NO2S. The van der Waals surface area contributed by atoms with Gasteiger partial charge in [0.1, 0.15) is 12.4 Å². The number of ether oxygens (including phenoxy) is 1. The first-order valence-electron chi connectivity index (χ1n) is 10.1. The van der Waals surface area contributed by atoms with Crippen LogP contribution in [0.5, 0.6) is 5.75 Å². The van der Waals surface area contributed by atoms with E-state index in [1.165, 1.54) is 4.90 Å². The third-order valence-electron chi connectivity index (χ3n) is 5.36. The minimum absolute atomic E-state index is 0.0237. The Hall–Kier alpha value is -2.72. The smallest absolute Gasteiger partial charge is 0.251 e. The molecule has 0 saturated heterocycles. The second-order valence-corrected chi connectivity index (χ2v) is 9.33. The van der Waals surface area contributed by atoms with E-state index in [-0.39, 0.29) is 10.7 Å². The molecule has 0 bridgehead atoms. The molecule has 156 valence electrons. The van der Waals surface area contributed by atoms with Gasteiger partial charge in [-0.1, -0.05) is 54.7 Å². The van der Waals surface area contributed by atoms with Crippen LogP contribution in [-0.2, 0) is 13.0 Å². The molecule has 0 radical (unpaired) electrons. The fourth-order valence-electron chi connectivity index (χ4n) is 3.36. The Bertz CT molecular complexity index is 991. The van der Waals surface area contributed by atoms with Gasteiger partial charge in [0.25, 0.3) is 5.91 Å². The van der Waals surface area contributed by atoms with Crippen molar-refractivity contribution >= 4 is 17.7 Å². The number of hydrogen-bond acceptors (Lipinski definition) is 3. The van der Waals surface area contributed by atoms with E-state index in [9.17, 15) is 4.79 Å². The van der Waals surface area contributed by atoms with Crippen LogP contribution in [-0.4, -0.2) is 17.2 Å². The largest absolute Gasteiger partial charge is 0.489 e. The van der Waals surface area contributed by atoms with Gasteiger partial charge in [0.2, 0.25) is 0 Å². The van der Waals surface area contributed by atoms with Crippen molar-refractivity contribution in [3.05, 3.63) is 95.6 Å². The van der Waals surface area contributed by atoms with Crippen molar-refractivity contribution in [3.63, 3.8) is 0 Å². The molecule has 4 heteroatoms. The standard InChI is InChI=1S/C26H29NO2S/c1-6-19(4)16-26(5,18(2)3)30-21-12-10-20(11-13-21)17-29-24-9-7-8-23-22(24)14-15-27-25(23)28/h6-13,16H,1-2,14-15,17H2,3-5H3,(H,27,28). The summed E-state index contributed by atoms with van der Waals surface area (Å²) in [5.41, 5.74) is 5.03. The van der Waals surface area contributed by atoms with Gasteiger partial charge < -0.3 is 10.1 Å². The molecule has 3 rings (SSSR count). The number of carbonyl (C=O) groups excluding carboxylic acids is 1. The molecule has 1 aliphatic rings. The lowest BCUT2D eigenvalue weighted by atomic mass is 9.99. The molecule has 2 aromatic rings. The van der Waals surface area contributed by atoms with Crippen LogP contribution in [0.4, 0.5) is 0 Å². The van der Waals surface area contributed by atoms with Gasteiger partial charge in [-0.15, -0.1) is 11.8 Å². The van der Waals surface area contributed by atoms with E-state index in [4.69, 9.17) is 4.74 Å². The topological polar surface area (TPSA) is 38.3 Å². The summed E-state index contributed by atoms with van der Waals surface area (Å²) in [4.78, 5) is 13.2. The second-order valence-electron chi connectivity index (χ2n) is 7.80. The van der Waals surface area contributed by atoms with Gasteiger partial charge in [0, 0.05) is 22.6 Å². The van der Waals surface area contributed by atoms with E-state index in [2.05, 4.69) is 69.6 Å². The lowest BCUT2D eigenvalue weighted by Crippen LogP contribution is -2.32. The molecule has 2 aromatic carbocycles. The van der Waals surface area contributed by atoms with Crippen molar-refractivity contribution in [3.8, 4) is 5.75 Å². The Morgan fingerprint density at radius 1 is 1.23 bits per heavy atom. The van der Waals surface area contributed by atoms with Crippen LogP contribution in [0.15, 0.2) is 83.8 Å². The molecule has 0 spiro atoms. The third kappa shape index (κ3) is 5.06. The third-order valence-corrected chi connectivity index (χ3v) is 6.76. The Balaban J connectivity index is 1.70. The van der Waals surface area contributed by atoms with Gasteiger partial charge in [-0.2, -0.15) is 0 Å². The minimum Gasteiger partial charge on any atom is -0.489 e. The van der Waals surface area contributed by atoms with Crippen molar-refractivity contribution in [1.82, 2.24) is 5.32 Å². The summed E-state index contributed by atoms with van der Waals surface area (Å²) in [6.07, 6.45) is 4.87. The predicted molar refractivity (Wildman–Crippen MR) is 126 cm³/mol. The maximum Gasteiger partial charge on any atom is 0.251 e. The number of fused-ring (bicyclic) bond motifs is 1. The Morgan fingerprint density at radius 3 is 2.63 bits per heavy atom. The molecule has 0 fully saturated rings. The zero-order chi connectivity index (χ0) is 21.7. The highest BCUT2D eigenvalue weighted by atomic mass is 32.2. The van der Waals surface area contributed by atoms with Gasteiger partial charge in [0.05, 0.1) is 4.75 Å². The summed E-state index contributed by atoms with van der Waals surface area (Å²) < 4.78 is 5.87. The van der Waals surface area contributed by atoms with Crippen LogP contribution in [0.25, 0.3) is 0 Å². The van der Waals surface area contributed by atoms with E-state index < -0.39 is 0 Å². The summed E-state index contributed by atoms with van der Waals surface area (Å²) >= 11 is 1.78. The SMILES string of the molecule is C=CC(C)=CC(C)(Sc1ccc(COc2cccc3c2CCNC3=O)cc1)C(=C)C. The first-order valence-corrected chi connectivity index (χ1v) is 10.9. The molecule has 1 N–H and O–H groups in total. The monoisotopic (exact) mass is 419 g/mol. The van der Waals surface area contributed by atoms with Crippen LogP contribution in [0.1, 0.15) is 42.3 Å². The minimum atomic E-state index is -0.194. The molecule has 30 heavy (non-hydrogen) atoms. The summed E-state index contributed by atoms with van der Waals surface area (Å²) in [7, 11) is 0. The molecule has 0 saturated carbocycles. The van der Waals surface area contributed by atoms with E-state index in [0.717, 1.165) is 34.4 Å². The number of rotatable bonds is 8. The van der Waals surface area contributed by atoms with Crippen LogP contribution in [0.2, 0.25) is 0 Å². The Morgan fingerprint density at radius 2 is 1.97 bits per heavy atom. The van der Waals surface area contributed by atoms with E-state index in [1.807, 2.05) is 24.3 Å². The summed E-state index contributed by atoms with van der Waals surface area (Å²) in [6, 6.07) is 14.1. The van der Waals surface area contributed by atoms with E-state index in [0.29, 0.717) is 18.7 Å². The van der Waals surface area contributed by atoms with Gasteiger partial charge in [0.15, 0.2) is 0 Å². The number of nitrogens with one attached hydrogen (secondary N) is 1. The van der Waals surface area contributed by atoms with Gasteiger partial charge in [-0.3, -0.25) is 4.79 Å². The molecule has 1 atom stereocenters. The van der Waals surface area contributed by atoms with Crippen molar-refractivity contribution in [2.75, 3.05) is 6.54 Å². The van der Waals surface area contributed by atoms with Gasteiger partial charge in [-0.25, -0.2) is 0 Å². The lowest BCUT2D eigenvalue weighted by Gasteiger charge is -2.27. The normalized spacial score (nSPS) is 15.6. The number of carbonyl (C=O) groups is 1. The van der Waals surface area contributed by atoms with Crippen molar-refractivity contribution in [1.29, 1.82) is 0 Å². The highest BCUT2D eigenvalue weighted by Gasteiger charge is 2.24. The molecule has 0 aliphatic carbocycles. The number of amides is 1. The molecule has 1 unspecified atom stereocenters. The fourth-order valence-corrected chi connectivity index (χ4v) is 4.54. The zero-order valence-electron chi connectivity index (χ0n) is 18.0. The van der Waals surface area contributed by atoms with Crippen molar-refractivity contribution < 1.29 is 9.53 Å². The maximum absolute atomic E-state index is 12.0. The summed E-state index contributed by atoms with van der Waals surface area (Å²) in [6.45, 7) is 15.5. The van der Waals surface area contributed by atoms with Crippen molar-refractivity contribution in [2.45, 2.75) is 43.4 Å². The average Bonchev–Trinajstić information content (AvgIpc) is 2.73. The molecule has 1 heterocycles. The lowest BCUT2D eigenvalue weighted by molar-refractivity contribution is 0.0945. The second kappa shape index (κ2) is 9.40.